The Hall–Kier alpha value is -1.89. The third kappa shape index (κ3) is 0.921. The first kappa shape index (κ1) is 14.2. The molecule has 6 nitrogen and oxygen atoms in total. The molecule has 3 spiro atoms. The molecule has 9 atom stereocenters. The molecule has 9 bridgehead atoms. The summed E-state index contributed by atoms with van der Waals surface area (Å²) in [6.07, 6.45) is 6.13. The summed E-state index contributed by atoms with van der Waals surface area (Å²) in [6, 6.07) is 6.51. The van der Waals surface area contributed by atoms with Gasteiger partial charge in [0.15, 0.2) is 5.78 Å². The number of fused-ring (bicyclic) bond motifs is 2. The van der Waals surface area contributed by atoms with Crippen LogP contribution in [0, 0.1) is 11.3 Å². The summed E-state index contributed by atoms with van der Waals surface area (Å²) in [7, 11) is 1.71. The van der Waals surface area contributed by atoms with Gasteiger partial charge in [-0.05, 0) is 24.5 Å². The number of ketones is 1. The van der Waals surface area contributed by atoms with E-state index in [4.69, 9.17) is 15.2 Å². The van der Waals surface area contributed by atoms with Crippen LogP contribution >= 0.6 is 0 Å². The molecule has 3 saturated heterocycles. The average Bonchev–Trinajstić information content (AvgIpc) is 3.15. The van der Waals surface area contributed by atoms with Crippen LogP contribution in [0.15, 0.2) is 30.4 Å². The fourth-order valence-corrected chi connectivity index (χ4v) is 8.98. The lowest BCUT2D eigenvalue weighted by molar-refractivity contribution is -0.267. The molecule has 2 unspecified atom stereocenters. The van der Waals surface area contributed by atoms with E-state index < -0.39 is 11.1 Å². The van der Waals surface area contributed by atoms with Crippen LogP contribution < -0.4 is 15.8 Å². The molecule has 4 saturated carbocycles. The number of methoxy groups -OCH3 is 1. The third-order valence-corrected chi connectivity index (χ3v) is 9.36. The number of anilines is 1. The van der Waals surface area contributed by atoms with E-state index in [1.165, 1.54) is 5.56 Å². The van der Waals surface area contributed by atoms with Gasteiger partial charge in [0, 0.05) is 18.0 Å². The zero-order chi connectivity index (χ0) is 18.0. The Morgan fingerprint density at radius 2 is 2.26 bits per heavy atom. The highest BCUT2D eigenvalue weighted by Gasteiger charge is 2.97. The first-order valence-corrected chi connectivity index (χ1v) is 9.96. The van der Waals surface area contributed by atoms with E-state index in [-0.39, 0.29) is 40.9 Å². The second-order valence-corrected chi connectivity index (χ2v) is 9.51. The lowest BCUT2D eigenvalue weighted by atomic mass is 9.39. The Bertz CT molecular complexity index is 1020. The first-order valence-electron chi connectivity index (χ1n) is 9.96. The number of rotatable bonds is 1. The lowest BCUT2D eigenvalue weighted by Crippen LogP contribution is -2.90. The molecule has 1 aromatic carbocycles. The van der Waals surface area contributed by atoms with E-state index in [1.807, 2.05) is 6.07 Å². The largest absolute Gasteiger partial charge is 0.495 e. The van der Waals surface area contributed by atoms with Crippen LogP contribution in [0.25, 0.3) is 0 Å². The summed E-state index contributed by atoms with van der Waals surface area (Å²) < 4.78 is 12.4. The zero-order valence-electron chi connectivity index (χ0n) is 15.1. The van der Waals surface area contributed by atoms with Crippen LogP contribution in [0.5, 0.6) is 5.75 Å². The highest BCUT2D eigenvalue weighted by molar-refractivity contribution is 6.05. The van der Waals surface area contributed by atoms with Gasteiger partial charge in [0.1, 0.15) is 17.5 Å². The van der Waals surface area contributed by atoms with Crippen LogP contribution in [0.2, 0.25) is 0 Å². The summed E-state index contributed by atoms with van der Waals surface area (Å²) in [4.78, 5) is 16.3. The molecule has 0 amide bonds. The van der Waals surface area contributed by atoms with Crippen molar-refractivity contribution < 1.29 is 14.3 Å². The number of carbonyl (C=O) groups excluding carboxylic acids is 1. The van der Waals surface area contributed by atoms with Crippen molar-refractivity contribution in [1.29, 1.82) is 0 Å². The molecule has 7 fully saturated rings. The van der Waals surface area contributed by atoms with Crippen molar-refractivity contribution in [3.05, 3.63) is 35.9 Å². The standard InChI is InChI=1S/C21H21N3O3/c1-26-11-5-2-4-10-13(11)23-19-8-7-18-6-3-9-24-15-12(20(10,19)16(18)24)14(25)21(19,22)17(18)27-15/h2-6,12,15-17,23H,7-9,22H2,1H3/t12-,15+,16-,17+,18?,19-,20-,21-/m0/s1. The summed E-state index contributed by atoms with van der Waals surface area (Å²) >= 11 is 0. The van der Waals surface area contributed by atoms with Crippen molar-refractivity contribution >= 4 is 11.5 Å². The second kappa shape index (κ2) is 3.56. The Morgan fingerprint density at radius 3 is 3.11 bits per heavy atom. The predicted molar refractivity (Wildman–Crippen MR) is 96.4 cm³/mol. The number of benzene rings is 1. The van der Waals surface area contributed by atoms with Crippen LogP contribution in [0.4, 0.5) is 5.69 Å². The van der Waals surface area contributed by atoms with Crippen LogP contribution in [-0.4, -0.2) is 53.8 Å². The van der Waals surface area contributed by atoms with E-state index >= 15 is 0 Å². The normalized spacial score (nSPS) is 58.6. The molecular formula is C21H21N3O3. The third-order valence-electron chi connectivity index (χ3n) is 9.36. The number of hydrogen-bond donors (Lipinski definition) is 2. The summed E-state index contributed by atoms with van der Waals surface area (Å²) in [5.41, 5.74) is 7.43. The first-order chi connectivity index (χ1) is 13.1. The molecule has 27 heavy (non-hydrogen) atoms. The van der Waals surface area contributed by atoms with E-state index in [0.717, 1.165) is 30.8 Å². The predicted octanol–water partition coefficient (Wildman–Crippen LogP) is 0.766. The monoisotopic (exact) mass is 363 g/mol. The molecular weight excluding hydrogens is 342 g/mol. The average molecular weight is 363 g/mol. The highest BCUT2D eigenvalue weighted by Crippen LogP contribution is 2.83. The van der Waals surface area contributed by atoms with Gasteiger partial charge < -0.3 is 20.5 Å². The molecule has 5 aliphatic heterocycles. The lowest BCUT2D eigenvalue weighted by Gasteiger charge is -2.72. The van der Waals surface area contributed by atoms with Crippen LogP contribution in [0.1, 0.15) is 18.4 Å². The molecule has 5 heterocycles. The summed E-state index contributed by atoms with van der Waals surface area (Å²) in [6.45, 7) is 0.849. The van der Waals surface area contributed by atoms with E-state index in [9.17, 15) is 4.79 Å². The van der Waals surface area contributed by atoms with Gasteiger partial charge in [-0.15, -0.1) is 0 Å². The van der Waals surface area contributed by atoms with E-state index in [0.29, 0.717) is 0 Å². The minimum atomic E-state index is -0.985. The molecule has 9 aliphatic rings. The summed E-state index contributed by atoms with van der Waals surface area (Å²) in [5.74, 6) is 0.860. The van der Waals surface area contributed by atoms with E-state index in [2.05, 4.69) is 34.5 Å². The molecule has 6 heteroatoms. The molecule has 138 valence electrons. The van der Waals surface area contributed by atoms with Gasteiger partial charge in [-0.1, -0.05) is 24.3 Å². The number of carbonyl (C=O) groups is 1. The van der Waals surface area contributed by atoms with E-state index in [1.54, 1.807) is 7.11 Å². The Labute approximate surface area is 156 Å². The van der Waals surface area contributed by atoms with Crippen molar-refractivity contribution in [3.8, 4) is 5.75 Å². The molecule has 4 aliphatic carbocycles. The van der Waals surface area contributed by atoms with Gasteiger partial charge >= 0.3 is 0 Å². The molecule has 10 rings (SSSR count). The molecule has 1 aromatic rings. The van der Waals surface area contributed by atoms with Crippen molar-refractivity contribution in [1.82, 2.24) is 4.90 Å². The maximum atomic E-state index is 13.9. The van der Waals surface area contributed by atoms with Gasteiger partial charge in [-0.2, -0.15) is 0 Å². The van der Waals surface area contributed by atoms with Gasteiger partial charge in [0.2, 0.25) is 0 Å². The molecule has 3 N–H and O–H groups in total. The van der Waals surface area contributed by atoms with Gasteiger partial charge in [-0.25, -0.2) is 0 Å². The van der Waals surface area contributed by atoms with Crippen molar-refractivity contribution in [2.75, 3.05) is 19.0 Å². The number of nitrogens with zero attached hydrogens (tertiary/aromatic N) is 1. The summed E-state index contributed by atoms with van der Waals surface area (Å²) in [5, 5.41) is 3.82. The van der Waals surface area contributed by atoms with Gasteiger partial charge in [-0.3, -0.25) is 9.69 Å². The highest BCUT2D eigenvalue weighted by atomic mass is 16.5. The second-order valence-electron chi connectivity index (χ2n) is 9.51. The minimum absolute atomic E-state index is 0.152. The zero-order valence-corrected chi connectivity index (χ0v) is 15.1. The number of nitrogens with one attached hydrogen (secondary N) is 1. The number of Topliss-reactive ketones (excluding diaryl/α,β-unsaturated/α-hetero) is 1. The maximum Gasteiger partial charge on any atom is 0.165 e. The van der Waals surface area contributed by atoms with Gasteiger partial charge in [0.25, 0.3) is 0 Å². The topological polar surface area (TPSA) is 76.8 Å². The number of hydrogen-bond acceptors (Lipinski definition) is 6. The minimum Gasteiger partial charge on any atom is -0.495 e. The maximum absolute atomic E-state index is 13.9. The van der Waals surface area contributed by atoms with Crippen molar-refractivity contribution in [3.63, 3.8) is 0 Å². The Morgan fingerprint density at radius 1 is 1.37 bits per heavy atom. The number of para-hydroxylation sites is 1. The van der Waals surface area contributed by atoms with Crippen LogP contribution in [-0.2, 0) is 14.9 Å². The fraction of sp³-hybridized carbons (Fsp3) is 0.571. The Kier molecular flexibility index (Phi) is 1.87. The smallest absolute Gasteiger partial charge is 0.165 e. The number of nitrogens with two attached hydrogens (primary N) is 1. The SMILES string of the molecule is COc1cccc2c1N[C@]13CCC45C=CCN6[C@@H]7O[C@H]4[C@@]1(N)C(=O)[C@@H]7[C@]23[C@@H]65. The van der Waals surface area contributed by atoms with Crippen molar-refractivity contribution in [2.24, 2.45) is 17.1 Å². The van der Waals surface area contributed by atoms with Crippen LogP contribution in [0.3, 0.4) is 0 Å². The quantitative estimate of drug-likeness (QED) is 0.718. The van der Waals surface area contributed by atoms with Crippen molar-refractivity contribution in [2.45, 2.75) is 47.7 Å². The molecule has 0 radical (unpaired) electrons. The van der Waals surface area contributed by atoms with Gasteiger partial charge in [0.05, 0.1) is 35.8 Å². The Balaban J connectivity index is 1.58. The molecule has 0 aromatic heterocycles. The number of ether oxygens (including phenoxy) is 2. The fourth-order valence-electron chi connectivity index (χ4n) is 8.98.